The molecule has 1 amide bonds. The highest BCUT2D eigenvalue weighted by atomic mass is 16.2. The zero-order valence-electron chi connectivity index (χ0n) is 12.0. The van der Waals surface area contributed by atoms with Gasteiger partial charge in [0.1, 0.15) is 12.1 Å². The molecule has 1 unspecified atom stereocenters. The van der Waals surface area contributed by atoms with Crippen LogP contribution in [0.1, 0.15) is 18.0 Å². The Kier molecular flexibility index (Phi) is 3.10. The van der Waals surface area contributed by atoms with Crippen LogP contribution in [-0.2, 0) is 11.3 Å². The Morgan fingerprint density at radius 2 is 2.23 bits per heavy atom. The van der Waals surface area contributed by atoms with Crippen molar-refractivity contribution in [2.45, 2.75) is 18.9 Å². The standard InChI is InChI=1S/C15H16N6O/c22-15(10-21-14-4-2-1-3-13(14)18-19-21)20-8-6-11(9-20)12-5-7-16-17-12/h1-5,7,11H,6,8-10H2,(H,16,17). The summed E-state index contributed by atoms with van der Waals surface area (Å²) in [4.78, 5) is 14.4. The number of benzene rings is 1. The molecule has 22 heavy (non-hydrogen) atoms. The fourth-order valence-electron chi connectivity index (χ4n) is 3.00. The lowest BCUT2D eigenvalue weighted by molar-refractivity contribution is -0.130. The highest BCUT2D eigenvalue weighted by Gasteiger charge is 2.28. The molecule has 7 heteroatoms. The second-order valence-corrected chi connectivity index (χ2v) is 5.57. The maximum Gasteiger partial charge on any atom is 0.244 e. The van der Waals surface area contributed by atoms with Crippen LogP contribution in [0, 0.1) is 0 Å². The number of nitrogens with zero attached hydrogens (tertiary/aromatic N) is 5. The third-order valence-electron chi connectivity index (χ3n) is 4.21. The van der Waals surface area contributed by atoms with E-state index in [9.17, 15) is 4.79 Å². The van der Waals surface area contributed by atoms with Crippen molar-refractivity contribution in [1.29, 1.82) is 0 Å². The molecule has 1 aromatic carbocycles. The third-order valence-corrected chi connectivity index (χ3v) is 4.21. The molecule has 1 N–H and O–H groups in total. The van der Waals surface area contributed by atoms with E-state index in [1.54, 1.807) is 10.9 Å². The first-order valence-electron chi connectivity index (χ1n) is 7.36. The number of hydrogen-bond donors (Lipinski definition) is 1. The Bertz CT molecular complexity index is 793. The fraction of sp³-hybridized carbons (Fsp3) is 0.333. The summed E-state index contributed by atoms with van der Waals surface area (Å²) in [6.45, 7) is 1.74. The molecular formula is C15H16N6O. The highest BCUT2D eigenvalue weighted by molar-refractivity contribution is 5.80. The zero-order valence-corrected chi connectivity index (χ0v) is 12.0. The van der Waals surface area contributed by atoms with E-state index in [0.29, 0.717) is 5.92 Å². The summed E-state index contributed by atoms with van der Waals surface area (Å²) in [5.74, 6) is 0.427. The maximum atomic E-state index is 12.5. The molecule has 0 radical (unpaired) electrons. The van der Waals surface area contributed by atoms with Crippen molar-refractivity contribution in [2.24, 2.45) is 0 Å². The van der Waals surface area contributed by atoms with Gasteiger partial charge in [-0.2, -0.15) is 5.10 Å². The zero-order chi connectivity index (χ0) is 14.9. The van der Waals surface area contributed by atoms with Crippen molar-refractivity contribution in [3.63, 3.8) is 0 Å². The molecule has 3 heterocycles. The van der Waals surface area contributed by atoms with Gasteiger partial charge in [0.25, 0.3) is 0 Å². The first-order chi connectivity index (χ1) is 10.8. The normalized spacial score (nSPS) is 18.2. The molecule has 2 aromatic heterocycles. The minimum atomic E-state index is 0.0812. The van der Waals surface area contributed by atoms with E-state index in [1.165, 1.54) is 0 Å². The number of fused-ring (bicyclic) bond motifs is 1. The molecule has 3 aromatic rings. The SMILES string of the molecule is O=C(Cn1nnc2ccccc21)N1CCC(c2ccn[nH]2)C1. The fourth-order valence-corrected chi connectivity index (χ4v) is 3.00. The minimum Gasteiger partial charge on any atom is -0.340 e. The Morgan fingerprint density at radius 3 is 3.09 bits per heavy atom. The molecule has 1 atom stereocenters. The third kappa shape index (κ3) is 2.24. The number of carbonyl (C=O) groups excluding carboxylic acids is 1. The second kappa shape index (κ2) is 5.25. The van der Waals surface area contributed by atoms with Crippen LogP contribution < -0.4 is 0 Å². The number of H-pyrrole nitrogens is 1. The average Bonchev–Trinajstić information content (AvgIpc) is 3.28. The first kappa shape index (κ1) is 13.0. The van der Waals surface area contributed by atoms with Gasteiger partial charge in [0, 0.05) is 30.9 Å². The summed E-state index contributed by atoms with van der Waals surface area (Å²) in [5, 5.41) is 15.1. The molecular weight excluding hydrogens is 280 g/mol. The predicted molar refractivity (Wildman–Crippen MR) is 80.1 cm³/mol. The number of nitrogens with one attached hydrogen (secondary N) is 1. The van der Waals surface area contributed by atoms with Gasteiger partial charge < -0.3 is 4.90 Å². The number of para-hydroxylation sites is 1. The maximum absolute atomic E-state index is 12.5. The summed E-state index contributed by atoms with van der Waals surface area (Å²) in [5.41, 5.74) is 2.80. The van der Waals surface area contributed by atoms with Crippen molar-refractivity contribution < 1.29 is 4.79 Å². The number of aromatic nitrogens is 5. The molecule has 1 fully saturated rings. The smallest absolute Gasteiger partial charge is 0.244 e. The van der Waals surface area contributed by atoms with Crippen LogP contribution in [0.15, 0.2) is 36.5 Å². The van der Waals surface area contributed by atoms with Gasteiger partial charge in [-0.05, 0) is 24.6 Å². The predicted octanol–water partition coefficient (Wildman–Crippen LogP) is 1.17. The Morgan fingerprint density at radius 1 is 1.32 bits per heavy atom. The minimum absolute atomic E-state index is 0.0812. The largest absolute Gasteiger partial charge is 0.340 e. The number of hydrogen-bond acceptors (Lipinski definition) is 4. The van der Waals surface area contributed by atoms with Gasteiger partial charge in [-0.25, -0.2) is 4.68 Å². The molecule has 0 bridgehead atoms. The molecule has 1 aliphatic rings. The lowest BCUT2D eigenvalue weighted by Crippen LogP contribution is -2.32. The molecule has 1 aliphatic heterocycles. The van der Waals surface area contributed by atoms with Crippen molar-refractivity contribution >= 4 is 16.9 Å². The van der Waals surface area contributed by atoms with Gasteiger partial charge in [0.2, 0.25) is 5.91 Å². The van der Waals surface area contributed by atoms with Gasteiger partial charge >= 0.3 is 0 Å². The number of amides is 1. The van der Waals surface area contributed by atoms with Crippen molar-refractivity contribution in [3.05, 3.63) is 42.2 Å². The topological polar surface area (TPSA) is 79.7 Å². The second-order valence-electron chi connectivity index (χ2n) is 5.57. The van der Waals surface area contributed by atoms with Gasteiger partial charge in [-0.3, -0.25) is 9.89 Å². The van der Waals surface area contributed by atoms with E-state index in [1.807, 2.05) is 35.2 Å². The van der Waals surface area contributed by atoms with Crippen LogP contribution in [0.4, 0.5) is 0 Å². The van der Waals surface area contributed by atoms with Gasteiger partial charge in [0.05, 0.1) is 5.52 Å². The lowest BCUT2D eigenvalue weighted by Gasteiger charge is -2.16. The van der Waals surface area contributed by atoms with Crippen LogP contribution in [0.2, 0.25) is 0 Å². The van der Waals surface area contributed by atoms with Gasteiger partial charge in [-0.1, -0.05) is 17.3 Å². The summed E-state index contributed by atoms with van der Waals surface area (Å²) >= 11 is 0. The van der Waals surface area contributed by atoms with Gasteiger partial charge in [0.15, 0.2) is 0 Å². The van der Waals surface area contributed by atoms with E-state index >= 15 is 0 Å². The molecule has 7 nitrogen and oxygen atoms in total. The quantitative estimate of drug-likeness (QED) is 0.787. The number of aromatic amines is 1. The monoisotopic (exact) mass is 296 g/mol. The van der Waals surface area contributed by atoms with Crippen LogP contribution in [0.5, 0.6) is 0 Å². The molecule has 1 saturated heterocycles. The van der Waals surface area contributed by atoms with E-state index in [4.69, 9.17) is 0 Å². The number of rotatable bonds is 3. The van der Waals surface area contributed by atoms with E-state index in [-0.39, 0.29) is 12.5 Å². The van der Waals surface area contributed by atoms with E-state index in [2.05, 4.69) is 20.5 Å². The number of likely N-dealkylation sites (tertiary alicyclic amines) is 1. The summed E-state index contributed by atoms with van der Waals surface area (Å²) < 4.78 is 1.67. The Labute approximate surface area is 126 Å². The average molecular weight is 296 g/mol. The van der Waals surface area contributed by atoms with Crippen LogP contribution in [0.3, 0.4) is 0 Å². The van der Waals surface area contributed by atoms with Crippen molar-refractivity contribution in [3.8, 4) is 0 Å². The van der Waals surface area contributed by atoms with E-state index < -0.39 is 0 Å². The summed E-state index contributed by atoms with van der Waals surface area (Å²) in [6, 6.07) is 9.65. The lowest BCUT2D eigenvalue weighted by atomic mass is 10.1. The Hall–Kier alpha value is -2.70. The summed E-state index contributed by atoms with van der Waals surface area (Å²) in [6.07, 6.45) is 2.72. The van der Waals surface area contributed by atoms with Crippen LogP contribution >= 0.6 is 0 Å². The molecule has 4 rings (SSSR count). The van der Waals surface area contributed by atoms with Crippen molar-refractivity contribution in [2.75, 3.05) is 13.1 Å². The van der Waals surface area contributed by atoms with E-state index in [0.717, 1.165) is 36.2 Å². The highest BCUT2D eigenvalue weighted by Crippen LogP contribution is 2.25. The van der Waals surface area contributed by atoms with Gasteiger partial charge in [-0.15, -0.1) is 5.10 Å². The molecule has 0 aliphatic carbocycles. The Balaban J connectivity index is 1.47. The summed E-state index contributed by atoms with van der Waals surface area (Å²) in [7, 11) is 0. The molecule has 0 spiro atoms. The van der Waals surface area contributed by atoms with Crippen LogP contribution in [0.25, 0.3) is 11.0 Å². The number of carbonyl (C=O) groups is 1. The molecule has 112 valence electrons. The van der Waals surface area contributed by atoms with Crippen LogP contribution in [-0.4, -0.2) is 49.1 Å². The van der Waals surface area contributed by atoms with Crippen molar-refractivity contribution in [1.82, 2.24) is 30.1 Å². The molecule has 0 saturated carbocycles. The first-order valence-corrected chi connectivity index (χ1v) is 7.36.